The van der Waals surface area contributed by atoms with E-state index in [1.54, 1.807) is 0 Å². The Kier molecular flexibility index (Phi) is 3.78. The Balaban J connectivity index is 3.82. The number of hydrogen-bond acceptors (Lipinski definition) is 1. The zero-order chi connectivity index (χ0) is 6.78. The first kappa shape index (κ1) is 9.11. The highest BCUT2D eigenvalue weighted by Crippen LogP contribution is 2.45. The Labute approximate surface area is 63.9 Å². The van der Waals surface area contributed by atoms with Crippen LogP contribution in [0.4, 0.5) is 0 Å². The van der Waals surface area contributed by atoms with Crippen LogP contribution >= 0.6 is 39.5 Å². The van der Waals surface area contributed by atoms with Crippen molar-refractivity contribution in [3.8, 4) is 0 Å². The minimum atomic E-state index is -3.89. The molecule has 0 amide bonds. The van der Waals surface area contributed by atoms with Crippen molar-refractivity contribution < 1.29 is 14.4 Å². The normalized spacial score (nSPS) is 16.0. The average Bonchev–Trinajstić information content (AvgIpc) is 1.62. The quantitative estimate of drug-likeness (QED) is 0.585. The summed E-state index contributed by atoms with van der Waals surface area (Å²) in [5.74, 6) is 0. The first-order valence-electron chi connectivity index (χ1n) is 1.73. The zero-order valence-electron chi connectivity index (χ0n) is 3.79. The van der Waals surface area contributed by atoms with Crippen molar-refractivity contribution in [1.82, 2.24) is 0 Å². The molecule has 0 heterocycles. The molecule has 2 N–H and O–H groups in total. The minimum absolute atomic E-state index is 0.261. The number of hydrogen-bond donors (Lipinski definition) is 2. The van der Waals surface area contributed by atoms with E-state index in [0.717, 1.165) is 0 Å². The Morgan fingerprint density at radius 1 is 1.62 bits per heavy atom. The van der Waals surface area contributed by atoms with Crippen molar-refractivity contribution in [3.05, 3.63) is 0 Å². The summed E-state index contributed by atoms with van der Waals surface area (Å²) in [4.78, 5) is 16.6. The minimum Gasteiger partial charge on any atom is -0.324 e. The monoisotopic (exact) mass is 266 g/mol. The van der Waals surface area contributed by atoms with Gasteiger partial charge in [-0.1, -0.05) is 31.9 Å². The van der Waals surface area contributed by atoms with Gasteiger partial charge in [-0.3, -0.25) is 4.57 Å². The van der Waals surface area contributed by atoms with Crippen LogP contribution in [0.25, 0.3) is 0 Å². The molecule has 0 rings (SSSR count). The molecular weight excluding hydrogens is 263 g/mol. The Morgan fingerprint density at radius 3 is 2.00 bits per heavy atom. The third-order valence-corrected chi connectivity index (χ3v) is 5.35. The highest BCUT2D eigenvalue weighted by atomic mass is 79.9. The van der Waals surface area contributed by atoms with Gasteiger partial charge in [0, 0.05) is 5.33 Å². The Morgan fingerprint density at radius 2 is 2.00 bits per heavy atom. The van der Waals surface area contributed by atoms with Crippen molar-refractivity contribution in [2.75, 3.05) is 5.33 Å². The summed E-state index contributed by atoms with van der Waals surface area (Å²) in [6, 6.07) is 0. The first-order valence-corrected chi connectivity index (χ1v) is 5.45. The maximum absolute atomic E-state index is 10.2. The highest BCUT2D eigenvalue weighted by molar-refractivity contribution is 9.13. The van der Waals surface area contributed by atoms with Gasteiger partial charge in [-0.2, -0.15) is 0 Å². The molecule has 0 spiro atoms. The smallest absolute Gasteiger partial charge is 0.324 e. The molecule has 1 atom stereocenters. The van der Waals surface area contributed by atoms with Gasteiger partial charge in [-0.15, -0.1) is 0 Å². The standard InChI is InChI=1S/C2H5Br2O3P/c3-1-2(4)8(5,6)7/h2H,1H2,(H2,5,6,7). The van der Waals surface area contributed by atoms with Crippen LogP contribution in [0.2, 0.25) is 0 Å². The van der Waals surface area contributed by atoms with E-state index < -0.39 is 12.2 Å². The lowest BCUT2D eigenvalue weighted by atomic mass is 11.0. The molecular formula is C2H5Br2O3P. The van der Waals surface area contributed by atoms with Crippen LogP contribution in [0.3, 0.4) is 0 Å². The summed E-state index contributed by atoms with van der Waals surface area (Å²) >= 11 is 5.70. The van der Waals surface area contributed by atoms with Gasteiger partial charge in [0.2, 0.25) is 0 Å². The molecule has 0 aromatic rings. The molecule has 0 saturated carbocycles. The number of halogens is 2. The molecule has 0 aromatic heterocycles. The average molecular weight is 268 g/mol. The topological polar surface area (TPSA) is 57.5 Å². The van der Waals surface area contributed by atoms with E-state index >= 15 is 0 Å². The van der Waals surface area contributed by atoms with Crippen LogP contribution in [0.15, 0.2) is 0 Å². The first-order chi connectivity index (χ1) is 3.48. The summed E-state index contributed by atoms with van der Waals surface area (Å²) < 4.78 is 9.43. The molecule has 0 bridgehead atoms. The second kappa shape index (κ2) is 3.32. The van der Waals surface area contributed by atoms with E-state index in [9.17, 15) is 4.57 Å². The molecule has 0 aliphatic rings. The van der Waals surface area contributed by atoms with Crippen molar-refractivity contribution in [2.24, 2.45) is 0 Å². The maximum Gasteiger partial charge on any atom is 0.339 e. The van der Waals surface area contributed by atoms with Gasteiger partial charge in [-0.05, 0) is 0 Å². The largest absolute Gasteiger partial charge is 0.339 e. The summed E-state index contributed by atoms with van der Waals surface area (Å²) in [7, 11) is -3.89. The van der Waals surface area contributed by atoms with Crippen molar-refractivity contribution >= 4 is 39.5 Å². The van der Waals surface area contributed by atoms with Crippen LogP contribution < -0.4 is 0 Å². The molecule has 0 aliphatic carbocycles. The van der Waals surface area contributed by atoms with Crippen molar-refractivity contribution in [2.45, 2.75) is 4.57 Å². The molecule has 0 fully saturated rings. The van der Waals surface area contributed by atoms with Gasteiger partial charge in [0.1, 0.15) is 4.57 Å². The molecule has 0 aliphatic heterocycles. The summed E-state index contributed by atoms with van der Waals surface area (Å²) in [6.07, 6.45) is 0. The van der Waals surface area contributed by atoms with Gasteiger partial charge in [0.15, 0.2) is 0 Å². The maximum atomic E-state index is 10.2. The van der Waals surface area contributed by atoms with Gasteiger partial charge in [0.05, 0.1) is 0 Å². The van der Waals surface area contributed by atoms with Gasteiger partial charge >= 0.3 is 7.60 Å². The molecule has 0 radical (unpaired) electrons. The van der Waals surface area contributed by atoms with Gasteiger partial charge < -0.3 is 9.79 Å². The summed E-state index contributed by atoms with van der Waals surface area (Å²) in [5.41, 5.74) is 0. The number of rotatable bonds is 2. The SMILES string of the molecule is O=P(O)(O)C(Br)CBr. The zero-order valence-corrected chi connectivity index (χ0v) is 7.86. The van der Waals surface area contributed by atoms with E-state index in [0.29, 0.717) is 0 Å². The highest BCUT2D eigenvalue weighted by Gasteiger charge is 2.23. The Bertz CT molecular complexity index is 110. The van der Waals surface area contributed by atoms with Gasteiger partial charge in [-0.25, -0.2) is 0 Å². The molecule has 50 valence electrons. The fraction of sp³-hybridized carbons (Fsp3) is 1.00. The molecule has 3 nitrogen and oxygen atoms in total. The molecule has 6 heteroatoms. The lowest BCUT2D eigenvalue weighted by Crippen LogP contribution is -1.98. The van der Waals surface area contributed by atoms with Crippen LogP contribution in [-0.2, 0) is 4.57 Å². The molecule has 0 aromatic carbocycles. The second-order valence-electron chi connectivity index (χ2n) is 1.18. The third kappa shape index (κ3) is 3.20. The lowest BCUT2D eigenvalue weighted by Gasteiger charge is -2.05. The van der Waals surface area contributed by atoms with Crippen LogP contribution in [0.5, 0.6) is 0 Å². The summed E-state index contributed by atoms with van der Waals surface area (Å²) in [5, 5.41) is 0.261. The van der Waals surface area contributed by atoms with Crippen LogP contribution in [-0.4, -0.2) is 19.7 Å². The van der Waals surface area contributed by atoms with Crippen molar-refractivity contribution in [1.29, 1.82) is 0 Å². The van der Waals surface area contributed by atoms with E-state index in [4.69, 9.17) is 9.79 Å². The molecule has 8 heavy (non-hydrogen) atoms. The van der Waals surface area contributed by atoms with Gasteiger partial charge in [0.25, 0.3) is 0 Å². The summed E-state index contributed by atoms with van der Waals surface area (Å²) in [6.45, 7) is 0. The predicted molar refractivity (Wildman–Crippen MR) is 38.6 cm³/mol. The fourth-order valence-corrected chi connectivity index (χ4v) is 1.40. The van der Waals surface area contributed by atoms with E-state index in [-0.39, 0.29) is 5.33 Å². The van der Waals surface area contributed by atoms with Crippen molar-refractivity contribution in [3.63, 3.8) is 0 Å². The predicted octanol–water partition coefficient (Wildman–Crippen LogP) is 1.28. The second-order valence-corrected chi connectivity index (χ2v) is 5.44. The van der Waals surface area contributed by atoms with Crippen LogP contribution in [0, 0.1) is 0 Å². The molecule has 1 unspecified atom stereocenters. The van der Waals surface area contributed by atoms with E-state index in [1.807, 2.05) is 0 Å². The van der Waals surface area contributed by atoms with E-state index in [2.05, 4.69) is 31.9 Å². The molecule has 0 saturated heterocycles. The fourth-order valence-electron chi connectivity index (χ4n) is 0.0899. The van der Waals surface area contributed by atoms with Crippen LogP contribution in [0.1, 0.15) is 0 Å². The van der Waals surface area contributed by atoms with E-state index in [1.165, 1.54) is 0 Å². The lowest BCUT2D eigenvalue weighted by molar-refractivity contribution is 0.373. The Hall–Kier alpha value is 1.11. The third-order valence-electron chi connectivity index (χ3n) is 0.492. The number of alkyl halides is 2.